The lowest BCUT2D eigenvalue weighted by Crippen LogP contribution is -2.46. The van der Waals surface area contributed by atoms with Crippen molar-refractivity contribution in [3.8, 4) is 0 Å². The van der Waals surface area contributed by atoms with Crippen molar-refractivity contribution in [3.63, 3.8) is 0 Å². The molecule has 3 nitrogen and oxygen atoms in total. The summed E-state index contributed by atoms with van der Waals surface area (Å²) in [6.07, 6.45) is 0.937. The van der Waals surface area contributed by atoms with Crippen LogP contribution < -0.4 is 5.32 Å². The second kappa shape index (κ2) is 3.05. The molecule has 1 amide bonds. The summed E-state index contributed by atoms with van der Waals surface area (Å²) in [5.74, 6) is 0.241. The van der Waals surface area contributed by atoms with E-state index in [2.05, 4.69) is 26.1 Å². The molecule has 70 valence electrons. The van der Waals surface area contributed by atoms with Crippen LogP contribution in [0.15, 0.2) is 0 Å². The molecule has 1 aliphatic heterocycles. The van der Waals surface area contributed by atoms with E-state index in [0.29, 0.717) is 0 Å². The highest BCUT2D eigenvalue weighted by Crippen LogP contribution is 2.21. The van der Waals surface area contributed by atoms with Gasteiger partial charge in [-0.1, -0.05) is 0 Å². The van der Waals surface area contributed by atoms with Gasteiger partial charge in [-0.2, -0.15) is 0 Å². The minimum atomic E-state index is -0.0251. The van der Waals surface area contributed by atoms with Crippen molar-refractivity contribution in [2.24, 2.45) is 0 Å². The molecule has 0 aliphatic carbocycles. The van der Waals surface area contributed by atoms with Crippen LogP contribution in [0, 0.1) is 0 Å². The molecular weight excluding hydrogens is 152 g/mol. The van der Waals surface area contributed by atoms with Gasteiger partial charge in [0.15, 0.2) is 0 Å². The molecule has 1 saturated heterocycles. The highest BCUT2D eigenvalue weighted by molar-refractivity contribution is 5.84. The zero-order chi connectivity index (χ0) is 9.35. The maximum atomic E-state index is 11.6. The number of nitrogens with one attached hydrogen (secondary N) is 1. The number of nitrogens with zero attached hydrogens (tertiary/aromatic N) is 1. The lowest BCUT2D eigenvalue weighted by atomic mass is 10.1. The number of rotatable bonds is 1. The summed E-state index contributed by atoms with van der Waals surface area (Å²) in [5, 5.41) is 3.02. The molecule has 1 N–H and O–H groups in total. The molecule has 0 spiro atoms. The minimum Gasteiger partial charge on any atom is -0.336 e. The first-order chi connectivity index (χ1) is 5.46. The van der Waals surface area contributed by atoms with Crippen molar-refractivity contribution >= 4 is 5.91 Å². The van der Waals surface area contributed by atoms with Gasteiger partial charge < -0.3 is 10.2 Å². The van der Waals surface area contributed by atoms with Crippen molar-refractivity contribution in [2.45, 2.75) is 38.8 Å². The standard InChI is InChI=1S/C9H18N2O/c1-9(2,3)11-6-5-7(10-4)8(11)12/h7,10H,5-6H2,1-4H3/t7-/m1/s1. The zero-order valence-corrected chi connectivity index (χ0v) is 8.35. The largest absolute Gasteiger partial charge is 0.336 e. The topological polar surface area (TPSA) is 32.3 Å². The molecule has 0 saturated carbocycles. The van der Waals surface area contributed by atoms with Crippen molar-refractivity contribution in [3.05, 3.63) is 0 Å². The number of amides is 1. The second-order valence-electron chi connectivity index (χ2n) is 4.29. The normalized spacial score (nSPS) is 25.2. The first-order valence-electron chi connectivity index (χ1n) is 4.45. The van der Waals surface area contributed by atoms with Crippen LogP contribution >= 0.6 is 0 Å². The summed E-state index contributed by atoms with van der Waals surface area (Å²) in [5.41, 5.74) is -0.0251. The first kappa shape index (κ1) is 9.52. The third-order valence-corrected chi connectivity index (χ3v) is 2.36. The summed E-state index contributed by atoms with van der Waals surface area (Å²) in [6.45, 7) is 7.10. The predicted molar refractivity (Wildman–Crippen MR) is 48.9 cm³/mol. The predicted octanol–water partition coefficient (Wildman–Crippen LogP) is 0.605. The fraction of sp³-hybridized carbons (Fsp3) is 0.889. The average molecular weight is 170 g/mol. The Bertz CT molecular complexity index is 183. The van der Waals surface area contributed by atoms with Crippen LogP contribution in [0.2, 0.25) is 0 Å². The van der Waals surface area contributed by atoms with Crippen molar-refractivity contribution < 1.29 is 4.79 Å². The highest BCUT2D eigenvalue weighted by Gasteiger charge is 2.36. The van der Waals surface area contributed by atoms with E-state index >= 15 is 0 Å². The quantitative estimate of drug-likeness (QED) is 0.625. The summed E-state index contributed by atoms with van der Waals surface area (Å²) in [4.78, 5) is 13.6. The molecule has 1 fully saturated rings. The Labute approximate surface area is 74.1 Å². The molecule has 1 rings (SSSR count). The number of carbonyl (C=O) groups excluding carboxylic acids is 1. The highest BCUT2D eigenvalue weighted by atomic mass is 16.2. The lowest BCUT2D eigenvalue weighted by Gasteiger charge is -2.31. The molecular formula is C9H18N2O. The molecule has 0 unspecified atom stereocenters. The van der Waals surface area contributed by atoms with Crippen LogP contribution in [0.1, 0.15) is 27.2 Å². The van der Waals surface area contributed by atoms with Gasteiger partial charge in [-0.15, -0.1) is 0 Å². The fourth-order valence-electron chi connectivity index (χ4n) is 1.61. The summed E-state index contributed by atoms with van der Waals surface area (Å²) in [6, 6.07) is 0.0456. The molecule has 1 atom stereocenters. The fourth-order valence-corrected chi connectivity index (χ4v) is 1.61. The van der Waals surface area contributed by atoms with Gasteiger partial charge in [0.1, 0.15) is 0 Å². The number of hydrogen-bond acceptors (Lipinski definition) is 2. The minimum absolute atomic E-state index is 0.0251. The van der Waals surface area contributed by atoms with Gasteiger partial charge in [0.25, 0.3) is 0 Å². The van der Waals surface area contributed by atoms with E-state index in [4.69, 9.17) is 0 Å². The van der Waals surface area contributed by atoms with E-state index in [-0.39, 0.29) is 17.5 Å². The molecule has 1 aliphatic rings. The molecule has 12 heavy (non-hydrogen) atoms. The van der Waals surface area contributed by atoms with E-state index in [9.17, 15) is 4.79 Å². The van der Waals surface area contributed by atoms with Crippen LogP contribution in [0.25, 0.3) is 0 Å². The van der Waals surface area contributed by atoms with E-state index in [1.54, 1.807) is 0 Å². The van der Waals surface area contributed by atoms with E-state index in [1.165, 1.54) is 0 Å². The van der Waals surface area contributed by atoms with Gasteiger partial charge in [0, 0.05) is 12.1 Å². The summed E-state index contributed by atoms with van der Waals surface area (Å²) >= 11 is 0. The van der Waals surface area contributed by atoms with E-state index < -0.39 is 0 Å². The Morgan fingerprint density at radius 1 is 1.50 bits per heavy atom. The van der Waals surface area contributed by atoms with Crippen LogP contribution in [-0.4, -0.2) is 36.0 Å². The zero-order valence-electron chi connectivity index (χ0n) is 8.35. The average Bonchev–Trinajstić information content (AvgIpc) is 2.29. The first-order valence-corrected chi connectivity index (χ1v) is 4.45. The second-order valence-corrected chi connectivity index (χ2v) is 4.29. The van der Waals surface area contributed by atoms with Crippen molar-refractivity contribution in [1.82, 2.24) is 10.2 Å². The van der Waals surface area contributed by atoms with Gasteiger partial charge in [-0.05, 0) is 34.2 Å². The van der Waals surface area contributed by atoms with Gasteiger partial charge in [-0.3, -0.25) is 4.79 Å². The monoisotopic (exact) mass is 170 g/mol. The summed E-state index contributed by atoms with van der Waals surface area (Å²) < 4.78 is 0. The van der Waals surface area contributed by atoms with Crippen LogP contribution in [-0.2, 0) is 4.79 Å². The molecule has 0 radical (unpaired) electrons. The van der Waals surface area contributed by atoms with Crippen LogP contribution in [0.3, 0.4) is 0 Å². The van der Waals surface area contributed by atoms with Gasteiger partial charge >= 0.3 is 0 Å². The molecule has 0 aromatic carbocycles. The Morgan fingerprint density at radius 2 is 2.08 bits per heavy atom. The molecule has 0 aromatic heterocycles. The number of carbonyl (C=O) groups is 1. The third-order valence-electron chi connectivity index (χ3n) is 2.36. The SMILES string of the molecule is CN[C@@H]1CCN(C(C)(C)C)C1=O. The summed E-state index contributed by atoms with van der Waals surface area (Å²) in [7, 11) is 1.84. The molecule has 3 heteroatoms. The van der Waals surface area contributed by atoms with E-state index in [1.807, 2.05) is 11.9 Å². The van der Waals surface area contributed by atoms with Crippen LogP contribution in [0.5, 0.6) is 0 Å². The van der Waals surface area contributed by atoms with Crippen LogP contribution in [0.4, 0.5) is 0 Å². The maximum absolute atomic E-state index is 11.6. The molecule has 0 bridgehead atoms. The number of hydrogen-bond donors (Lipinski definition) is 1. The van der Waals surface area contributed by atoms with Crippen molar-refractivity contribution in [1.29, 1.82) is 0 Å². The third kappa shape index (κ3) is 1.61. The Hall–Kier alpha value is -0.570. The Kier molecular flexibility index (Phi) is 2.42. The molecule has 1 heterocycles. The lowest BCUT2D eigenvalue weighted by molar-refractivity contribution is -0.133. The Morgan fingerprint density at radius 3 is 2.33 bits per heavy atom. The smallest absolute Gasteiger partial charge is 0.240 e. The number of likely N-dealkylation sites (N-methyl/N-ethyl adjacent to an activating group) is 1. The van der Waals surface area contributed by atoms with Crippen molar-refractivity contribution in [2.75, 3.05) is 13.6 Å². The maximum Gasteiger partial charge on any atom is 0.240 e. The Balaban J connectivity index is 2.67. The van der Waals surface area contributed by atoms with Gasteiger partial charge in [0.2, 0.25) is 5.91 Å². The number of likely N-dealkylation sites (tertiary alicyclic amines) is 1. The van der Waals surface area contributed by atoms with Gasteiger partial charge in [-0.25, -0.2) is 0 Å². The van der Waals surface area contributed by atoms with E-state index in [0.717, 1.165) is 13.0 Å². The van der Waals surface area contributed by atoms with Gasteiger partial charge in [0.05, 0.1) is 6.04 Å². The molecule has 0 aromatic rings.